The maximum atomic E-state index is 12.6. The largest absolute Gasteiger partial charge is 0.392 e. The minimum absolute atomic E-state index is 0.0463. The van der Waals surface area contributed by atoms with E-state index in [9.17, 15) is 13.9 Å². The Morgan fingerprint density at radius 3 is 2.37 bits per heavy atom. The van der Waals surface area contributed by atoms with Crippen molar-refractivity contribution >= 4 is 5.57 Å². The Hall–Kier alpha value is -1.22. The van der Waals surface area contributed by atoms with Crippen molar-refractivity contribution in [1.82, 2.24) is 0 Å². The molecule has 1 aromatic carbocycles. The highest BCUT2D eigenvalue weighted by Gasteiger charge is 2.27. The third kappa shape index (κ3) is 3.21. The summed E-state index contributed by atoms with van der Waals surface area (Å²) in [6.45, 7) is 4.46. The minimum atomic E-state index is -2.43. The summed E-state index contributed by atoms with van der Waals surface area (Å²) in [5.41, 5.74) is 3.38. The first-order valence-corrected chi connectivity index (χ1v) is 6.63. The van der Waals surface area contributed by atoms with Gasteiger partial charge in [-0.2, -0.15) is 0 Å². The van der Waals surface area contributed by atoms with E-state index in [2.05, 4.69) is 13.8 Å². The Labute approximate surface area is 113 Å². The van der Waals surface area contributed by atoms with Crippen LogP contribution in [0.3, 0.4) is 0 Å². The number of rotatable bonds is 3. The van der Waals surface area contributed by atoms with Gasteiger partial charge in [0.05, 0.1) is 6.61 Å². The fourth-order valence-electron chi connectivity index (χ4n) is 2.64. The van der Waals surface area contributed by atoms with Gasteiger partial charge in [-0.05, 0) is 41.4 Å². The maximum absolute atomic E-state index is 12.6. The summed E-state index contributed by atoms with van der Waals surface area (Å²) in [6.07, 6.45) is 0.400. The van der Waals surface area contributed by atoms with Crippen LogP contribution in [0.15, 0.2) is 29.8 Å². The Morgan fingerprint density at radius 2 is 1.84 bits per heavy atom. The molecule has 0 unspecified atom stereocenters. The van der Waals surface area contributed by atoms with Crippen LogP contribution in [0, 0.1) is 5.41 Å². The zero-order valence-corrected chi connectivity index (χ0v) is 11.4. The van der Waals surface area contributed by atoms with E-state index < -0.39 is 6.43 Å². The zero-order chi connectivity index (χ0) is 14.0. The number of benzene rings is 1. The number of hydrogen-bond donors (Lipinski definition) is 1. The standard InChI is InChI=1S/C16H20F2O/c1-16(2)8-7-13(10-19)14(9-16)11-3-5-12(6-4-11)15(17)18/h3-6,15,19H,7-10H2,1-2H3. The van der Waals surface area contributed by atoms with Crippen molar-refractivity contribution in [3.8, 4) is 0 Å². The van der Waals surface area contributed by atoms with Crippen molar-refractivity contribution in [2.45, 2.75) is 39.5 Å². The molecule has 104 valence electrons. The fraction of sp³-hybridized carbons (Fsp3) is 0.500. The predicted molar refractivity (Wildman–Crippen MR) is 73.0 cm³/mol. The third-order valence-electron chi connectivity index (χ3n) is 3.89. The average Bonchev–Trinajstić information content (AvgIpc) is 2.38. The second kappa shape index (κ2) is 5.41. The van der Waals surface area contributed by atoms with Crippen molar-refractivity contribution in [3.05, 3.63) is 41.0 Å². The van der Waals surface area contributed by atoms with Gasteiger partial charge in [-0.25, -0.2) is 8.78 Å². The molecule has 1 aliphatic rings. The van der Waals surface area contributed by atoms with E-state index in [1.165, 1.54) is 12.1 Å². The van der Waals surface area contributed by atoms with Crippen molar-refractivity contribution in [2.75, 3.05) is 6.61 Å². The molecule has 1 aliphatic carbocycles. The van der Waals surface area contributed by atoms with E-state index in [1.807, 2.05) is 0 Å². The Kier molecular flexibility index (Phi) is 4.04. The van der Waals surface area contributed by atoms with Crippen LogP contribution >= 0.6 is 0 Å². The lowest BCUT2D eigenvalue weighted by Crippen LogP contribution is -2.19. The van der Waals surface area contributed by atoms with E-state index >= 15 is 0 Å². The first-order valence-electron chi connectivity index (χ1n) is 6.63. The molecule has 0 aliphatic heterocycles. The molecule has 0 amide bonds. The lowest BCUT2D eigenvalue weighted by Gasteiger charge is -2.33. The molecular weight excluding hydrogens is 246 g/mol. The number of aliphatic hydroxyl groups is 1. The van der Waals surface area contributed by atoms with Gasteiger partial charge in [0, 0.05) is 5.56 Å². The molecule has 2 rings (SSSR count). The highest BCUT2D eigenvalue weighted by molar-refractivity contribution is 5.70. The van der Waals surface area contributed by atoms with Gasteiger partial charge in [0.2, 0.25) is 0 Å². The van der Waals surface area contributed by atoms with Crippen LogP contribution in [0.5, 0.6) is 0 Å². The average molecular weight is 266 g/mol. The van der Waals surface area contributed by atoms with Crippen molar-refractivity contribution in [3.63, 3.8) is 0 Å². The maximum Gasteiger partial charge on any atom is 0.263 e. The Balaban J connectivity index is 2.34. The van der Waals surface area contributed by atoms with Gasteiger partial charge in [-0.1, -0.05) is 38.1 Å². The van der Waals surface area contributed by atoms with E-state index in [0.29, 0.717) is 0 Å². The zero-order valence-electron chi connectivity index (χ0n) is 11.4. The highest BCUT2D eigenvalue weighted by atomic mass is 19.3. The van der Waals surface area contributed by atoms with Gasteiger partial charge in [0.1, 0.15) is 0 Å². The van der Waals surface area contributed by atoms with E-state index in [-0.39, 0.29) is 17.6 Å². The van der Waals surface area contributed by atoms with E-state index in [1.54, 1.807) is 12.1 Å². The molecule has 3 heteroatoms. The SMILES string of the molecule is CC1(C)CCC(CO)=C(c2ccc(C(F)F)cc2)C1. The van der Waals surface area contributed by atoms with E-state index in [0.717, 1.165) is 36.0 Å². The smallest absolute Gasteiger partial charge is 0.263 e. The van der Waals surface area contributed by atoms with Crippen molar-refractivity contribution < 1.29 is 13.9 Å². The van der Waals surface area contributed by atoms with Gasteiger partial charge in [0.15, 0.2) is 0 Å². The number of halogens is 2. The predicted octanol–water partition coefficient (Wildman–Crippen LogP) is 4.58. The first-order chi connectivity index (χ1) is 8.93. The molecule has 0 fully saturated rings. The number of allylic oxidation sites excluding steroid dienone is 1. The van der Waals surface area contributed by atoms with Crippen LogP contribution in [0.4, 0.5) is 8.78 Å². The van der Waals surface area contributed by atoms with Crippen molar-refractivity contribution in [1.29, 1.82) is 0 Å². The molecule has 0 saturated carbocycles. The topological polar surface area (TPSA) is 20.2 Å². The molecule has 0 bridgehead atoms. The van der Waals surface area contributed by atoms with Gasteiger partial charge < -0.3 is 5.11 Å². The molecule has 1 N–H and O–H groups in total. The molecule has 1 nitrogen and oxygen atoms in total. The molecule has 19 heavy (non-hydrogen) atoms. The monoisotopic (exact) mass is 266 g/mol. The minimum Gasteiger partial charge on any atom is -0.392 e. The molecule has 0 spiro atoms. The lowest BCUT2D eigenvalue weighted by molar-refractivity contribution is 0.151. The molecule has 0 heterocycles. The van der Waals surface area contributed by atoms with Crippen molar-refractivity contribution in [2.24, 2.45) is 5.41 Å². The third-order valence-corrected chi connectivity index (χ3v) is 3.89. The first kappa shape index (κ1) is 14.2. The summed E-state index contributed by atoms with van der Waals surface area (Å²) in [5, 5.41) is 9.46. The summed E-state index contributed by atoms with van der Waals surface area (Å²) < 4.78 is 25.1. The second-order valence-corrected chi connectivity index (χ2v) is 6.00. The van der Waals surface area contributed by atoms with Crippen LogP contribution in [-0.4, -0.2) is 11.7 Å². The molecule has 0 atom stereocenters. The number of aliphatic hydroxyl groups excluding tert-OH is 1. The number of hydrogen-bond acceptors (Lipinski definition) is 1. The van der Waals surface area contributed by atoms with Crippen LogP contribution in [-0.2, 0) is 0 Å². The quantitative estimate of drug-likeness (QED) is 0.849. The summed E-state index contributed by atoms with van der Waals surface area (Å²) >= 11 is 0. The van der Waals surface area contributed by atoms with Gasteiger partial charge in [0.25, 0.3) is 6.43 Å². The van der Waals surface area contributed by atoms with Crippen LogP contribution in [0.1, 0.15) is 50.7 Å². The Morgan fingerprint density at radius 1 is 1.21 bits per heavy atom. The number of alkyl halides is 2. The summed E-state index contributed by atoms with van der Waals surface area (Å²) in [4.78, 5) is 0. The molecular formula is C16H20F2O. The summed E-state index contributed by atoms with van der Waals surface area (Å²) in [5.74, 6) is 0. The molecule has 1 aromatic rings. The summed E-state index contributed by atoms with van der Waals surface area (Å²) in [7, 11) is 0. The van der Waals surface area contributed by atoms with Crippen LogP contribution in [0.2, 0.25) is 0 Å². The van der Waals surface area contributed by atoms with Crippen LogP contribution in [0.25, 0.3) is 5.57 Å². The van der Waals surface area contributed by atoms with Crippen LogP contribution < -0.4 is 0 Å². The molecule has 0 radical (unpaired) electrons. The van der Waals surface area contributed by atoms with E-state index in [4.69, 9.17) is 0 Å². The fourth-order valence-corrected chi connectivity index (χ4v) is 2.64. The van der Waals surface area contributed by atoms with Gasteiger partial charge in [-0.15, -0.1) is 0 Å². The molecule has 0 aromatic heterocycles. The normalized spacial score (nSPS) is 19.1. The van der Waals surface area contributed by atoms with Gasteiger partial charge in [-0.3, -0.25) is 0 Å². The van der Waals surface area contributed by atoms with Gasteiger partial charge >= 0.3 is 0 Å². The second-order valence-electron chi connectivity index (χ2n) is 6.00. The Bertz CT molecular complexity index is 472. The highest BCUT2D eigenvalue weighted by Crippen LogP contribution is 2.42. The lowest BCUT2D eigenvalue weighted by atomic mass is 9.72. The molecule has 0 saturated heterocycles. The summed E-state index contributed by atoms with van der Waals surface area (Å²) in [6, 6.07) is 6.44.